The van der Waals surface area contributed by atoms with E-state index in [1.165, 1.54) is 11.3 Å². The van der Waals surface area contributed by atoms with Crippen molar-refractivity contribution in [2.24, 2.45) is 5.92 Å². The number of carbonyl (C=O) groups excluding carboxylic acids is 2. The van der Waals surface area contributed by atoms with Gasteiger partial charge in [0.2, 0.25) is 5.91 Å². The highest BCUT2D eigenvalue weighted by atomic mass is 32.1. The van der Waals surface area contributed by atoms with Crippen LogP contribution in [0.3, 0.4) is 0 Å². The lowest BCUT2D eigenvalue weighted by atomic mass is 9.99. The Labute approximate surface area is 110 Å². The van der Waals surface area contributed by atoms with E-state index in [1.807, 2.05) is 22.4 Å². The van der Waals surface area contributed by atoms with Gasteiger partial charge in [-0.1, -0.05) is 6.07 Å². The Balaban J connectivity index is 1.71. The second-order valence-electron chi connectivity index (χ2n) is 5.01. The van der Waals surface area contributed by atoms with Crippen molar-refractivity contribution in [3.63, 3.8) is 0 Å². The highest BCUT2D eigenvalue weighted by Gasteiger charge is 2.37. The molecule has 96 valence electrons. The van der Waals surface area contributed by atoms with Crippen LogP contribution in [0.1, 0.15) is 28.9 Å². The summed E-state index contributed by atoms with van der Waals surface area (Å²) in [4.78, 5) is 26.4. The first-order chi connectivity index (χ1) is 8.74. The highest BCUT2D eigenvalue weighted by molar-refractivity contribution is 7.12. The predicted octanol–water partition coefficient (Wildman–Crippen LogP) is 1.49. The van der Waals surface area contributed by atoms with E-state index in [4.69, 9.17) is 0 Å². The molecule has 4 nitrogen and oxygen atoms in total. The molecule has 1 aromatic rings. The third-order valence-electron chi connectivity index (χ3n) is 3.79. The minimum atomic E-state index is 0.104. The Morgan fingerprint density at radius 2 is 2.33 bits per heavy atom. The van der Waals surface area contributed by atoms with Crippen LogP contribution in [-0.4, -0.2) is 35.8 Å². The Bertz CT molecular complexity index is 458. The summed E-state index contributed by atoms with van der Waals surface area (Å²) in [5.41, 5.74) is 0. The second kappa shape index (κ2) is 4.72. The van der Waals surface area contributed by atoms with Gasteiger partial charge in [-0.3, -0.25) is 9.59 Å². The molecular formula is C13H16N2O2S. The van der Waals surface area contributed by atoms with Gasteiger partial charge < -0.3 is 10.2 Å². The molecule has 0 radical (unpaired) electrons. The first-order valence-corrected chi connectivity index (χ1v) is 7.24. The van der Waals surface area contributed by atoms with Crippen LogP contribution in [-0.2, 0) is 4.79 Å². The van der Waals surface area contributed by atoms with Crippen LogP contribution in [0.5, 0.6) is 0 Å². The van der Waals surface area contributed by atoms with E-state index in [0.29, 0.717) is 18.9 Å². The third kappa shape index (κ3) is 2.14. The topological polar surface area (TPSA) is 49.4 Å². The number of hydrogen-bond donors (Lipinski definition) is 1. The van der Waals surface area contributed by atoms with Gasteiger partial charge in [-0.15, -0.1) is 11.3 Å². The summed E-state index contributed by atoms with van der Waals surface area (Å²) in [5.74, 6) is 0.667. The highest BCUT2D eigenvalue weighted by Crippen LogP contribution is 2.27. The first-order valence-electron chi connectivity index (χ1n) is 6.36. The monoisotopic (exact) mass is 264 g/mol. The van der Waals surface area contributed by atoms with Gasteiger partial charge in [-0.2, -0.15) is 0 Å². The lowest BCUT2D eigenvalue weighted by molar-refractivity contribution is -0.121. The molecule has 2 aliphatic rings. The average Bonchev–Trinajstić information content (AvgIpc) is 2.96. The molecule has 2 atom stereocenters. The molecule has 1 N–H and O–H groups in total. The van der Waals surface area contributed by atoms with Gasteiger partial charge in [-0.05, 0) is 30.2 Å². The summed E-state index contributed by atoms with van der Waals surface area (Å²) in [6.07, 6.45) is 2.61. The van der Waals surface area contributed by atoms with Gasteiger partial charge in [0.25, 0.3) is 5.91 Å². The van der Waals surface area contributed by atoms with Gasteiger partial charge in [0.1, 0.15) is 0 Å². The standard InChI is InChI=1S/C13H16N2O2S/c16-12-5-1-3-9-7-15(8-10(9)14-12)13(17)11-4-2-6-18-11/h2,4,6,9-10H,1,3,5,7-8H2,(H,14,16)/t9-,10+/m1/s1. The van der Waals surface area contributed by atoms with E-state index < -0.39 is 0 Å². The lowest BCUT2D eigenvalue weighted by Gasteiger charge is -2.16. The number of hydrogen-bond acceptors (Lipinski definition) is 3. The van der Waals surface area contributed by atoms with Gasteiger partial charge in [0.15, 0.2) is 0 Å². The van der Waals surface area contributed by atoms with Crippen molar-refractivity contribution in [3.05, 3.63) is 22.4 Å². The smallest absolute Gasteiger partial charge is 0.263 e. The summed E-state index contributed by atoms with van der Waals surface area (Å²) in [5, 5.41) is 4.96. The first kappa shape index (κ1) is 11.7. The van der Waals surface area contributed by atoms with E-state index >= 15 is 0 Å². The molecule has 0 aliphatic carbocycles. The number of thiophene rings is 1. The molecular weight excluding hydrogens is 248 g/mol. The maximum atomic E-state index is 12.2. The number of nitrogens with zero attached hydrogens (tertiary/aromatic N) is 1. The zero-order chi connectivity index (χ0) is 12.5. The van der Waals surface area contributed by atoms with Crippen LogP contribution >= 0.6 is 11.3 Å². The Hall–Kier alpha value is -1.36. The minimum absolute atomic E-state index is 0.104. The summed E-state index contributed by atoms with van der Waals surface area (Å²) in [7, 11) is 0. The van der Waals surface area contributed by atoms with Crippen molar-refractivity contribution >= 4 is 23.2 Å². The van der Waals surface area contributed by atoms with Gasteiger partial charge in [-0.25, -0.2) is 0 Å². The molecule has 0 unspecified atom stereocenters. The molecule has 3 heterocycles. The van der Waals surface area contributed by atoms with Gasteiger partial charge in [0, 0.05) is 19.5 Å². The van der Waals surface area contributed by atoms with Crippen LogP contribution in [0, 0.1) is 5.92 Å². The molecule has 0 aromatic carbocycles. The number of rotatable bonds is 1. The number of carbonyl (C=O) groups is 2. The zero-order valence-electron chi connectivity index (χ0n) is 10.1. The maximum Gasteiger partial charge on any atom is 0.263 e. The molecule has 2 aliphatic heterocycles. The molecule has 2 saturated heterocycles. The van der Waals surface area contributed by atoms with Crippen LogP contribution in [0.4, 0.5) is 0 Å². The normalized spacial score (nSPS) is 27.6. The summed E-state index contributed by atoms with van der Waals surface area (Å²) in [6.45, 7) is 1.44. The van der Waals surface area contributed by atoms with E-state index in [2.05, 4.69) is 5.32 Å². The molecule has 5 heteroatoms. The summed E-state index contributed by atoms with van der Waals surface area (Å²) < 4.78 is 0. The van der Waals surface area contributed by atoms with Crippen molar-refractivity contribution in [2.75, 3.05) is 13.1 Å². The van der Waals surface area contributed by atoms with Gasteiger partial charge >= 0.3 is 0 Å². The fraction of sp³-hybridized carbons (Fsp3) is 0.538. The van der Waals surface area contributed by atoms with Gasteiger partial charge in [0.05, 0.1) is 10.9 Å². The summed E-state index contributed by atoms with van der Waals surface area (Å²) >= 11 is 1.48. The molecule has 1 aromatic heterocycles. The molecule has 0 bridgehead atoms. The van der Waals surface area contributed by atoms with Crippen LogP contribution in [0.15, 0.2) is 17.5 Å². The number of fused-ring (bicyclic) bond motifs is 1. The molecule has 2 fully saturated rings. The quantitative estimate of drug-likeness (QED) is 0.835. The van der Waals surface area contributed by atoms with Crippen molar-refractivity contribution in [3.8, 4) is 0 Å². The summed E-state index contributed by atoms with van der Waals surface area (Å²) in [6, 6.07) is 3.91. The largest absolute Gasteiger partial charge is 0.351 e. The SMILES string of the molecule is O=C1CCC[C@@H]2CN(C(=O)c3cccs3)C[C@@H]2N1. The second-order valence-corrected chi connectivity index (χ2v) is 5.96. The molecule has 2 amide bonds. The van der Waals surface area contributed by atoms with Crippen LogP contribution < -0.4 is 5.32 Å². The fourth-order valence-corrected chi connectivity index (χ4v) is 3.54. The fourth-order valence-electron chi connectivity index (χ4n) is 2.85. The van der Waals surface area contributed by atoms with E-state index in [0.717, 1.165) is 24.3 Å². The predicted molar refractivity (Wildman–Crippen MR) is 69.5 cm³/mol. The minimum Gasteiger partial charge on any atom is -0.351 e. The number of likely N-dealkylation sites (tertiary alicyclic amines) is 1. The van der Waals surface area contributed by atoms with E-state index in [1.54, 1.807) is 0 Å². The molecule has 3 rings (SSSR count). The number of nitrogens with one attached hydrogen (secondary N) is 1. The van der Waals surface area contributed by atoms with Crippen LogP contribution in [0.25, 0.3) is 0 Å². The average molecular weight is 264 g/mol. The Morgan fingerprint density at radius 3 is 3.11 bits per heavy atom. The number of amides is 2. The van der Waals surface area contributed by atoms with E-state index in [-0.39, 0.29) is 17.9 Å². The van der Waals surface area contributed by atoms with E-state index in [9.17, 15) is 9.59 Å². The zero-order valence-corrected chi connectivity index (χ0v) is 10.9. The molecule has 18 heavy (non-hydrogen) atoms. The van der Waals surface area contributed by atoms with Crippen molar-refractivity contribution in [1.29, 1.82) is 0 Å². The van der Waals surface area contributed by atoms with Crippen LogP contribution in [0.2, 0.25) is 0 Å². The lowest BCUT2D eigenvalue weighted by Crippen LogP contribution is -2.39. The van der Waals surface area contributed by atoms with Crippen molar-refractivity contribution < 1.29 is 9.59 Å². The van der Waals surface area contributed by atoms with Crippen molar-refractivity contribution in [2.45, 2.75) is 25.3 Å². The Kier molecular flexibility index (Phi) is 3.07. The van der Waals surface area contributed by atoms with Crippen molar-refractivity contribution in [1.82, 2.24) is 10.2 Å². The molecule has 0 spiro atoms. The Morgan fingerprint density at radius 1 is 1.44 bits per heavy atom. The maximum absolute atomic E-state index is 12.2. The molecule has 0 saturated carbocycles. The third-order valence-corrected chi connectivity index (χ3v) is 4.64.